The molecule has 0 radical (unpaired) electrons. The number of hydrogen-bond donors (Lipinski definition) is 2. The maximum Gasteiger partial charge on any atom is 0.287 e. The molecule has 0 heterocycles. The number of nitrogens with zero attached hydrogens (tertiary/aromatic N) is 2. The average molecular weight is 293 g/mol. The topological polar surface area (TPSA) is 39.4 Å². The van der Waals surface area contributed by atoms with Crippen molar-refractivity contribution >= 4 is 11.8 Å². The maximum atomic E-state index is 5.00. The Morgan fingerprint density at radius 3 is 2.05 bits per heavy atom. The Morgan fingerprint density at radius 1 is 0.905 bits per heavy atom. The highest BCUT2D eigenvalue weighted by atomic mass is 15.2. The molecule has 0 bridgehead atoms. The Balaban J connectivity index is 2.01. The molecule has 0 aromatic carbocycles. The summed E-state index contributed by atoms with van der Waals surface area (Å²) in [7, 11) is 4.14. The lowest BCUT2D eigenvalue weighted by Gasteiger charge is -2.25. The van der Waals surface area contributed by atoms with Crippen LogP contribution in [0.5, 0.6) is 0 Å². The summed E-state index contributed by atoms with van der Waals surface area (Å²) in [4.78, 5) is 5.00. The second-order valence-electron chi connectivity index (χ2n) is 6.85. The van der Waals surface area contributed by atoms with Gasteiger partial charge in [0.15, 0.2) is 0 Å². The van der Waals surface area contributed by atoms with Crippen LogP contribution in [0.2, 0.25) is 0 Å². The summed E-state index contributed by atoms with van der Waals surface area (Å²) in [5, 5.41) is 7.17. The Labute approximate surface area is 130 Å². The molecule has 4 nitrogen and oxygen atoms in total. The molecule has 2 saturated carbocycles. The van der Waals surface area contributed by atoms with Crippen LogP contribution < -0.4 is 10.6 Å². The first kappa shape index (κ1) is 16.3. The first-order valence-corrected chi connectivity index (χ1v) is 8.77. The van der Waals surface area contributed by atoms with E-state index >= 15 is 0 Å². The molecule has 0 aliphatic heterocycles. The molecule has 0 saturated heterocycles. The van der Waals surface area contributed by atoms with Crippen molar-refractivity contribution < 1.29 is 4.58 Å². The standard InChI is InChI=1S/C17H32N4/c1-14(21(2)3)18-17(19-15-10-6-4-7-11-15)20-16-12-8-5-9-13-16/h15-16H,4-13H2,1-3H3,(H,19,20)/p+1. The lowest BCUT2D eigenvalue weighted by Crippen LogP contribution is -2.48. The minimum atomic E-state index is 0.507. The van der Waals surface area contributed by atoms with Crippen molar-refractivity contribution in [3.8, 4) is 0 Å². The summed E-state index contributed by atoms with van der Waals surface area (Å²) in [6, 6.07) is 1.11. The van der Waals surface area contributed by atoms with Crippen LogP contribution >= 0.6 is 0 Å². The van der Waals surface area contributed by atoms with Crippen LogP contribution in [0.4, 0.5) is 0 Å². The fourth-order valence-electron chi connectivity index (χ4n) is 3.22. The Hall–Kier alpha value is -1.06. The van der Waals surface area contributed by atoms with Crippen molar-refractivity contribution in [3.05, 3.63) is 0 Å². The molecule has 120 valence electrons. The summed E-state index contributed by atoms with van der Waals surface area (Å²) < 4.78 is 2.11. The molecular weight excluding hydrogens is 260 g/mol. The van der Waals surface area contributed by atoms with E-state index in [0.717, 1.165) is 11.8 Å². The third-order valence-electron chi connectivity index (χ3n) is 4.80. The summed E-state index contributed by atoms with van der Waals surface area (Å²) in [5.74, 6) is 2.15. The van der Waals surface area contributed by atoms with Crippen molar-refractivity contribution in [1.82, 2.24) is 10.6 Å². The predicted octanol–water partition coefficient (Wildman–Crippen LogP) is 2.88. The van der Waals surface area contributed by atoms with E-state index in [2.05, 4.69) is 36.2 Å². The first-order chi connectivity index (χ1) is 10.1. The van der Waals surface area contributed by atoms with Gasteiger partial charge in [0.1, 0.15) is 0 Å². The van der Waals surface area contributed by atoms with E-state index in [0.29, 0.717) is 12.1 Å². The highest BCUT2D eigenvalue weighted by Gasteiger charge is 2.20. The second-order valence-corrected chi connectivity index (χ2v) is 6.85. The van der Waals surface area contributed by atoms with Gasteiger partial charge >= 0.3 is 0 Å². The van der Waals surface area contributed by atoms with Crippen LogP contribution in [0.25, 0.3) is 0 Å². The van der Waals surface area contributed by atoms with Gasteiger partial charge in [-0.2, -0.15) is 0 Å². The van der Waals surface area contributed by atoms with Gasteiger partial charge in [0, 0.05) is 13.0 Å². The highest BCUT2D eigenvalue weighted by Crippen LogP contribution is 2.21. The smallest absolute Gasteiger partial charge is 0.287 e. The fourth-order valence-corrected chi connectivity index (χ4v) is 3.22. The van der Waals surface area contributed by atoms with Gasteiger partial charge in [0.2, 0.25) is 5.84 Å². The molecule has 0 amide bonds. The summed E-state index contributed by atoms with van der Waals surface area (Å²) >= 11 is 0. The van der Waals surface area contributed by atoms with Crippen molar-refractivity contribution in [2.45, 2.75) is 83.2 Å². The van der Waals surface area contributed by atoms with Gasteiger partial charge in [-0.05, 0) is 25.7 Å². The number of hydrogen-bond acceptors (Lipinski definition) is 1. The van der Waals surface area contributed by atoms with E-state index in [1.54, 1.807) is 0 Å². The van der Waals surface area contributed by atoms with Crippen molar-refractivity contribution in [2.24, 2.45) is 4.99 Å². The monoisotopic (exact) mass is 293 g/mol. The highest BCUT2D eigenvalue weighted by molar-refractivity contribution is 5.96. The normalized spacial score (nSPS) is 22.0. The van der Waals surface area contributed by atoms with Crippen LogP contribution in [0, 0.1) is 0 Å². The largest absolute Gasteiger partial charge is 0.334 e. The van der Waals surface area contributed by atoms with E-state index in [4.69, 9.17) is 4.99 Å². The average Bonchev–Trinajstić information content (AvgIpc) is 2.49. The molecule has 0 spiro atoms. The van der Waals surface area contributed by atoms with Crippen LogP contribution in [-0.2, 0) is 0 Å². The third kappa shape index (κ3) is 5.68. The van der Waals surface area contributed by atoms with Crippen LogP contribution in [0.3, 0.4) is 0 Å². The number of rotatable bonds is 2. The molecular formula is C17H33N4+. The molecule has 2 rings (SSSR count). The van der Waals surface area contributed by atoms with Gasteiger partial charge in [-0.1, -0.05) is 38.5 Å². The van der Waals surface area contributed by atoms with Gasteiger partial charge in [0.05, 0.1) is 20.1 Å². The molecule has 0 unspecified atom stereocenters. The van der Waals surface area contributed by atoms with Crippen LogP contribution in [0.1, 0.15) is 71.1 Å². The lowest BCUT2D eigenvalue weighted by molar-refractivity contribution is -0.466. The van der Waals surface area contributed by atoms with Crippen molar-refractivity contribution in [2.75, 3.05) is 14.1 Å². The second kappa shape index (κ2) is 8.40. The number of amidine groups is 1. The SMILES string of the molecule is CC(NC(=NC1CCCCC1)NC1CCCCC1)=[N+](C)C. The molecule has 21 heavy (non-hydrogen) atoms. The predicted molar refractivity (Wildman–Crippen MR) is 90.2 cm³/mol. The molecule has 0 atom stereocenters. The molecule has 0 aromatic rings. The molecule has 4 heteroatoms. The number of aliphatic imine (C=N–C) groups is 1. The van der Waals surface area contributed by atoms with E-state index in [-0.39, 0.29) is 0 Å². The van der Waals surface area contributed by atoms with Crippen LogP contribution in [0.15, 0.2) is 4.99 Å². The van der Waals surface area contributed by atoms with E-state index in [9.17, 15) is 0 Å². The summed E-state index contributed by atoms with van der Waals surface area (Å²) in [5.41, 5.74) is 0. The molecule has 2 fully saturated rings. The van der Waals surface area contributed by atoms with E-state index < -0.39 is 0 Å². The minimum absolute atomic E-state index is 0.507. The maximum absolute atomic E-state index is 5.00. The zero-order valence-electron chi connectivity index (χ0n) is 14.1. The van der Waals surface area contributed by atoms with Gasteiger partial charge < -0.3 is 5.32 Å². The lowest BCUT2D eigenvalue weighted by atomic mass is 9.95. The minimum Gasteiger partial charge on any atom is -0.334 e. The summed E-state index contributed by atoms with van der Waals surface area (Å²) in [6.07, 6.45) is 13.2. The Morgan fingerprint density at radius 2 is 1.48 bits per heavy atom. The number of nitrogens with one attached hydrogen (secondary N) is 2. The fraction of sp³-hybridized carbons (Fsp3) is 0.882. The Bertz CT molecular complexity index is 370. The molecule has 2 aliphatic carbocycles. The van der Waals surface area contributed by atoms with Crippen molar-refractivity contribution in [1.29, 1.82) is 0 Å². The van der Waals surface area contributed by atoms with Crippen molar-refractivity contribution in [3.63, 3.8) is 0 Å². The van der Waals surface area contributed by atoms with Gasteiger partial charge in [-0.3, -0.25) is 4.58 Å². The zero-order chi connectivity index (χ0) is 15.1. The number of guanidine groups is 1. The third-order valence-corrected chi connectivity index (χ3v) is 4.80. The quantitative estimate of drug-likeness (QED) is 0.467. The van der Waals surface area contributed by atoms with Gasteiger partial charge in [-0.15, -0.1) is 0 Å². The molecule has 2 N–H and O–H groups in total. The first-order valence-electron chi connectivity index (χ1n) is 8.77. The summed E-state index contributed by atoms with van der Waals surface area (Å²) in [6.45, 7) is 2.11. The zero-order valence-corrected chi connectivity index (χ0v) is 14.1. The van der Waals surface area contributed by atoms with Crippen LogP contribution in [-0.4, -0.2) is 42.5 Å². The molecule has 2 aliphatic rings. The van der Waals surface area contributed by atoms with Gasteiger partial charge in [-0.25, -0.2) is 10.3 Å². The van der Waals surface area contributed by atoms with Gasteiger partial charge in [0.25, 0.3) is 5.96 Å². The van der Waals surface area contributed by atoms with E-state index in [1.165, 1.54) is 64.2 Å². The molecule has 0 aromatic heterocycles. The Kier molecular flexibility index (Phi) is 6.52. The van der Waals surface area contributed by atoms with E-state index in [1.807, 2.05) is 0 Å².